The van der Waals surface area contributed by atoms with Crippen LogP contribution in [0, 0.1) is 16.7 Å². The Morgan fingerprint density at radius 1 is 1.20 bits per heavy atom. The number of nitriles is 1. The molecule has 0 spiro atoms. The Balaban J connectivity index is 2.77. The van der Waals surface area contributed by atoms with Crippen LogP contribution in [0.2, 0.25) is 0 Å². The van der Waals surface area contributed by atoms with Gasteiger partial charge in [0.2, 0.25) is 0 Å². The molecule has 0 saturated heterocycles. The van der Waals surface area contributed by atoms with Gasteiger partial charge in [-0.25, -0.2) is 4.79 Å². The first-order valence-electron chi connectivity index (χ1n) is 10.9. The molecular formula is C24H39N3O3. The fraction of sp³-hybridized carbons (Fsp3) is 0.667. The van der Waals surface area contributed by atoms with Crippen LogP contribution in [0.15, 0.2) is 30.3 Å². The highest BCUT2D eigenvalue weighted by Gasteiger charge is 2.28. The van der Waals surface area contributed by atoms with Gasteiger partial charge in [0.1, 0.15) is 5.60 Å². The van der Waals surface area contributed by atoms with Gasteiger partial charge in [0.15, 0.2) is 0 Å². The number of amides is 1. The zero-order valence-electron chi connectivity index (χ0n) is 19.2. The monoisotopic (exact) mass is 417 g/mol. The number of rotatable bonds is 12. The minimum atomic E-state index is -0.778. The number of nitrogens with zero attached hydrogens (tertiary/aromatic N) is 1. The van der Waals surface area contributed by atoms with Crippen LogP contribution in [0.4, 0.5) is 4.79 Å². The van der Waals surface area contributed by atoms with Gasteiger partial charge in [-0.05, 0) is 57.4 Å². The van der Waals surface area contributed by atoms with E-state index in [0.717, 1.165) is 31.4 Å². The second kappa shape index (κ2) is 12.6. The smallest absolute Gasteiger partial charge is 0.407 e. The molecule has 0 heterocycles. The van der Waals surface area contributed by atoms with E-state index >= 15 is 0 Å². The Kier molecular flexibility index (Phi) is 10.9. The Morgan fingerprint density at radius 2 is 1.83 bits per heavy atom. The first-order chi connectivity index (χ1) is 14.1. The van der Waals surface area contributed by atoms with Gasteiger partial charge in [-0.2, -0.15) is 5.26 Å². The van der Waals surface area contributed by atoms with Gasteiger partial charge in [-0.15, -0.1) is 0 Å². The number of hydrogen-bond donors (Lipinski definition) is 3. The van der Waals surface area contributed by atoms with Crippen LogP contribution in [-0.2, 0) is 11.2 Å². The average molecular weight is 418 g/mol. The summed E-state index contributed by atoms with van der Waals surface area (Å²) in [6, 6.07) is 11.5. The van der Waals surface area contributed by atoms with Crippen molar-refractivity contribution in [3.05, 3.63) is 35.9 Å². The van der Waals surface area contributed by atoms with E-state index in [9.17, 15) is 9.90 Å². The van der Waals surface area contributed by atoms with Gasteiger partial charge in [0.25, 0.3) is 0 Å². The standard InChI is InChI=1S/C24H39N3O3/c1-6-24(7-2,14-11-15-25)18-26-17-21(28)20(16-19-12-9-8-10-13-19)27-22(29)30-23(3,4)5/h8-10,12-13,20-21,26,28H,6-7,11,14,16-18H2,1-5H3,(H,27,29). The molecule has 168 valence electrons. The summed E-state index contributed by atoms with van der Waals surface area (Å²) in [6.07, 6.45) is 2.50. The SMILES string of the molecule is CCC(CC)(CCC#N)CNCC(O)C(Cc1ccccc1)NC(=O)OC(C)(C)C. The summed E-state index contributed by atoms with van der Waals surface area (Å²) < 4.78 is 5.38. The highest BCUT2D eigenvalue weighted by Crippen LogP contribution is 2.31. The van der Waals surface area contributed by atoms with Crippen molar-refractivity contribution >= 4 is 6.09 Å². The molecule has 6 nitrogen and oxygen atoms in total. The molecule has 6 heteroatoms. The summed E-state index contributed by atoms with van der Waals surface area (Å²) in [7, 11) is 0. The fourth-order valence-corrected chi connectivity index (χ4v) is 3.50. The van der Waals surface area contributed by atoms with Crippen molar-refractivity contribution in [3.63, 3.8) is 0 Å². The van der Waals surface area contributed by atoms with Gasteiger partial charge in [-0.3, -0.25) is 0 Å². The molecule has 0 aromatic heterocycles. The maximum Gasteiger partial charge on any atom is 0.407 e. The van der Waals surface area contributed by atoms with Crippen LogP contribution in [0.1, 0.15) is 65.9 Å². The van der Waals surface area contributed by atoms with E-state index in [2.05, 4.69) is 30.6 Å². The third-order valence-electron chi connectivity index (χ3n) is 5.59. The van der Waals surface area contributed by atoms with Crippen molar-refractivity contribution in [2.24, 2.45) is 5.41 Å². The normalized spacial score (nSPS) is 13.9. The van der Waals surface area contributed by atoms with E-state index in [1.54, 1.807) is 0 Å². The van der Waals surface area contributed by atoms with Crippen molar-refractivity contribution in [3.8, 4) is 6.07 Å². The van der Waals surface area contributed by atoms with Crippen LogP contribution < -0.4 is 10.6 Å². The molecule has 0 aliphatic rings. The lowest BCUT2D eigenvalue weighted by atomic mass is 9.78. The molecule has 30 heavy (non-hydrogen) atoms. The highest BCUT2D eigenvalue weighted by atomic mass is 16.6. The number of carbonyl (C=O) groups is 1. The Hall–Kier alpha value is -2.10. The quantitative estimate of drug-likeness (QED) is 0.474. The van der Waals surface area contributed by atoms with Crippen molar-refractivity contribution in [2.45, 2.75) is 84.5 Å². The van der Waals surface area contributed by atoms with Gasteiger partial charge in [0.05, 0.1) is 18.2 Å². The Labute approximate surface area is 182 Å². The summed E-state index contributed by atoms with van der Waals surface area (Å²) in [5.74, 6) is 0. The first kappa shape index (κ1) is 25.9. The van der Waals surface area contributed by atoms with E-state index in [1.165, 1.54) is 0 Å². The molecule has 0 saturated carbocycles. The number of ether oxygens (including phenoxy) is 1. The molecule has 0 aliphatic heterocycles. The molecule has 1 aromatic rings. The van der Waals surface area contributed by atoms with Crippen LogP contribution >= 0.6 is 0 Å². The zero-order chi connectivity index (χ0) is 22.6. The number of carbonyl (C=O) groups excluding carboxylic acids is 1. The molecule has 1 rings (SSSR count). The third-order valence-corrected chi connectivity index (χ3v) is 5.59. The Morgan fingerprint density at radius 3 is 2.37 bits per heavy atom. The summed E-state index contributed by atoms with van der Waals surface area (Å²) >= 11 is 0. The molecule has 0 bridgehead atoms. The van der Waals surface area contributed by atoms with E-state index < -0.39 is 23.8 Å². The van der Waals surface area contributed by atoms with Crippen LogP contribution in [0.5, 0.6) is 0 Å². The minimum absolute atomic E-state index is 0.0446. The number of aliphatic hydroxyl groups excluding tert-OH is 1. The minimum Gasteiger partial charge on any atom is -0.444 e. The average Bonchev–Trinajstić information content (AvgIpc) is 2.69. The Bertz CT molecular complexity index is 661. The van der Waals surface area contributed by atoms with Gasteiger partial charge >= 0.3 is 6.09 Å². The molecule has 1 amide bonds. The summed E-state index contributed by atoms with van der Waals surface area (Å²) in [5, 5.41) is 26.0. The lowest BCUT2D eigenvalue weighted by Crippen LogP contribution is -2.50. The fourth-order valence-electron chi connectivity index (χ4n) is 3.50. The molecule has 0 aliphatic carbocycles. The number of alkyl carbamates (subject to hydrolysis) is 1. The lowest BCUT2D eigenvalue weighted by Gasteiger charge is -2.33. The summed E-state index contributed by atoms with van der Waals surface area (Å²) in [6.45, 7) is 10.8. The number of nitrogens with one attached hydrogen (secondary N) is 2. The molecule has 3 N–H and O–H groups in total. The van der Waals surface area contributed by atoms with Crippen LogP contribution in [-0.4, -0.2) is 42.0 Å². The lowest BCUT2D eigenvalue weighted by molar-refractivity contribution is 0.0418. The maximum atomic E-state index is 12.3. The largest absolute Gasteiger partial charge is 0.444 e. The summed E-state index contributed by atoms with van der Waals surface area (Å²) in [4.78, 5) is 12.3. The van der Waals surface area contributed by atoms with Gasteiger partial charge < -0.3 is 20.5 Å². The van der Waals surface area contributed by atoms with E-state index in [4.69, 9.17) is 10.00 Å². The number of benzene rings is 1. The van der Waals surface area contributed by atoms with E-state index in [1.807, 2.05) is 51.1 Å². The maximum absolute atomic E-state index is 12.3. The summed E-state index contributed by atoms with van der Waals surface area (Å²) in [5.41, 5.74) is 0.471. The molecule has 2 atom stereocenters. The second-order valence-electron chi connectivity index (χ2n) is 9.01. The topological polar surface area (TPSA) is 94.4 Å². The molecule has 0 radical (unpaired) electrons. The first-order valence-corrected chi connectivity index (χ1v) is 10.9. The highest BCUT2D eigenvalue weighted by molar-refractivity contribution is 5.68. The van der Waals surface area contributed by atoms with E-state index in [-0.39, 0.29) is 5.41 Å². The molecule has 1 aromatic carbocycles. The number of aliphatic hydroxyl groups is 1. The molecular weight excluding hydrogens is 378 g/mol. The second-order valence-corrected chi connectivity index (χ2v) is 9.01. The van der Waals surface area contributed by atoms with Crippen LogP contribution in [0.3, 0.4) is 0 Å². The third kappa shape index (κ3) is 9.60. The van der Waals surface area contributed by atoms with Gasteiger partial charge in [0, 0.05) is 19.5 Å². The predicted molar refractivity (Wildman–Crippen MR) is 120 cm³/mol. The van der Waals surface area contributed by atoms with Gasteiger partial charge in [-0.1, -0.05) is 44.2 Å². The number of hydrogen-bond acceptors (Lipinski definition) is 5. The van der Waals surface area contributed by atoms with Crippen molar-refractivity contribution in [1.82, 2.24) is 10.6 Å². The zero-order valence-corrected chi connectivity index (χ0v) is 19.2. The molecule has 0 fully saturated rings. The van der Waals surface area contributed by atoms with Crippen LogP contribution in [0.25, 0.3) is 0 Å². The molecule has 2 unspecified atom stereocenters. The van der Waals surface area contributed by atoms with Crippen molar-refractivity contribution in [1.29, 1.82) is 5.26 Å². The predicted octanol–water partition coefficient (Wildman–Crippen LogP) is 4.18. The van der Waals surface area contributed by atoms with Crippen molar-refractivity contribution < 1.29 is 14.6 Å². The van der Waals surface area contributed by atoms with Crippen molar-refractivity contribution in [2.75, 3.05) is 13.1 Å². The van der Waals surface area contributed by atoms with E-state index in [0.29, 0.717) is 19.4 Å².